The fourth-order valence-electron chi connectivity index (χ4n) is 1.94. The maximum absolute atomic E-state index is 9.83. The summed E-state index contributed by atoms with van der Waals surface area (Å²) in [6, 6.07) is 0. The number of hydrogen-bond acceptors (Lipinski definition) is 1. The average Bonchev–Trinajstić information content (AvgIpc) is 2.01. The molecule has 0 aromatic heterocycles. The van der Waals surface area contributed by atoms with Gasteiger partial charge in [0.1, 0.15) is 0 Å². The summed E-state index contributed by atoms with van der Waals surface area (Å²) in [5.74, 6) is 0.677. The normalized spacial score (nSPS) is 19.2. The molecule has 0 bridgehead atoms. The van der Waals surface area contributed by atoms with E-state index in [9.17, 15) is 5.11 Å². The van der Waals surface area contributed by atoms with Crippen LogP contribution >= 0.6 is 0 Å². The predicted molar refractivity (Wildman–Crippen MR) is 54.2 cm³/mol. The van der Waals surface area contributed by atoms with Crippen molar-refractivity contribution in [3.8, 4) is 0 Å². The van der Waals surface area contributed by atoms with E-state index < -0.39 is 0 Å². The van der Waals surface area contributed by atoms with Crippen molar-refractivity contribution in [2.45, 2.75) is 60.0 Å². The second kappa shape index (κ2) is 4.86. The fraction of sp³-hybridized carbons (Fsp3) is 1.00. The maximum atomic E-state index is 9.83. The van der Waals surface area contributed by atoms with E-state index in [2.05, 4.69) is 34.6 Å². The van der Waals surface area contributed by atoms with Gasteiger partial charge in [-0.2, -0.15) is 0 Å². The second-order valence-corrected chi connectivity index (χ2v) is 4.53. The van der Waals surface area contributed by atoms with Crippen molar-refractivity contribution in [2.75, 3.05) is 0 Å². The van der Waals surface area contributed by atoms with Gasteiger partial charge in [0.25, 0.3) is 0 Å². The van der Waals surface area contributed by atoms with Crippen LogP contribution in [0.4, 0.5) is 0 Å². The van der Waals surface area contributed by atoms with Crippen LogP contribution in [0.1, 0.15) is 53.9 Å². The van der Waals surface area contributed by atoms with Crippen LogP contribution in [0.3, 0.4) is 0 Å². The van der Waals surface area contributed by atoms with Gasteiger partial charge in [0.05, 0.1) is 6.10 Å². The predicted octanol–water partition coefficient (Wildman–Crippen LogP) is 3.22. The first-order valence-electron chi connectivity index (χ1n) is 5.14. The van der Waals surface area contributed by atoms with Crippen LogP contribution in [-0.4, -0.2) is 11.2 Å². The van der Waals surface area contributed by atoms with Gasteiger partial charge in [-0.25, -0.2) is 0 Å². The first-order chi connectivity index (χ1) is 5.46. The van der Waals surface area contributed by atoms with E-state index in [1.807, 2.05) is 0 Å². The largest absolute Gasteiger partial charge is 0.393 e. The van der Waals surface area contributed by atoms with E-state index in [-0.39, 0.29) is 11.5 Å². The molecule has 0 aromatic rings. The zero-order valence-corrected chi connectivity index (χ0v) is 9.22. The minimum atomic E-state index is -0.134. The van der Waals surface area contributed by atoms with Gasteiger partial charge in [-0.1, -0.05) is 34.6 Å². The molecule has 0 fully saturated rings. The van der Waals surface area contributed by atoms with Crippen molar-refractivity contribution in [3.63, 3.8) is 0 Å². The molecule has 0 saturated carbocycles. The molecule has 1 nitrogen and oxygen atoms in total. The SMILES string of the molecule is CCC(O)C(C)(CC)CC(C)C. The first kappa shape index (κ1) is 12.0. The van der Waals surface area contributed by atoms with Crippen LogP contribution in [-0.2, 0) is 0 Å². The Hall–Kier alpha value is -0.0400. The van der Waals surface area contributed by atoms with E-state index in [1.54, 1.807) is 0 Å². The van der Waals surface area contributed by atoms with Gasteiger partial charge < -0.3 is 5.11 Å². The highest BCUT2D eigenvalue weighted by Crippen LogP contribution is 2.34. The molecule has 74 valence electrons. The molecule has 0 aromatic carbocycles. The van der Waals surface area contributed by atoms with Gasteiger partial charge in [0.2, 0.25) is 0 Å². The molecule has 0 aliphatic carbocycles. The van der Waals surface area contributed by atoms with E-state index in [0.29, 0.717) is 5.92 Å². The van der Waals surface area contributed by atoms with Crippen molar-refractivity contribution in [3.05, 3.63) is 0 Å². The highest BCUT2D eigenvalue weighted by atomic mass is 16.3. The zero-order chi connectivity index (χ0) is 9.78. The van der Waals surface area contributed by atoms with Crippen LogP contribution in [0, 0.1) is 11.3 Å². The van der Waals surface area contributed by atoms with Crippen molar-refractivity contribution in [1.82, 2.24) is 0 Å². The van der Waals surface area contributed by atoms with Crippen LogP contribution in [0.5, 0.6) is 0 Å². The average molecular weight is 172 g/mol. The molecule has 2 unspecified atom stereocenters. The molecule has 0 aliphatic rings. The third-order valence-electron chi connectivity index (χ3n) is 2.87. The van der Waals surface area contributed by atoms with Crippen LogP contribution in [0.15, 0.2) is 0 Å². The second-order valence-electron chi connectivity index (χ2n) is 4.53. The Bertz CT molecular complexity index is 120. The summed E-state index contributed by atoms with van der Waals surface area (Å²) in [5.41, 5.74) is 0.128. The number of rotatable bonds is 5. The van der Waals surface area contributed by atoms with Gasteiger partial charge in [0.15, 0.2) is 0 Å². The molecule has 0 saturated heterocycles. The summed E-state index contributed by atoms with van der Waals surface area (Å²) in [7, 11) is 0. The molecule has 0 rings (SSSR count). The Kier molecular flexibility index (Phi) is 4.84. The van der Waals surface area contributed by atoms with Crippen LogP contribution in [0.2, 0.25) is 0 Å². The molecule has 0 radical (unpaired) electrons. The summed E-state index contributed by atoms with van der Waals surface area (Å²) in [4.78, 5) is 0. The molecule has 0 amide bonds. The van der Waals surface area contributed by atoms with E-state index >= 15 is 0 Å². The molecular formula is C11H24O. The molecular weight excluding hydrogens is 148 g/mol. The minimum absolute atomic E-state index is 0.128. The summed E-state index contributed by atoms with van der Waals surface area (Å²) >= 11 is 0. The molecule has 0 spiro atoms. The van der Waals surface area contributed by atoms with Gasteiger partial charge in [-0.3, -0.25) is 0 Å². The lowest BCUT2D eigenvalue weighted by Gasteiger charge is -2.34. The highest BCUT2D eigenvalue weighted by molar-refractivity contribution is 4.81. The summed E-state index contributed by atoms with van der Waals surface area (Å²) in [5, 5.41) is 9.83. The van der Waals surface area contributed by atoms with Crippen LogP contribution < -0.4 is 0 Å². The summed E-state index contributed by atoms with van der Waals surface area (Å²) in [6.45, 7) is 10.9. The van der Waals surface area contributed by atoms with Crippen molar-refractivity contribution in [1.29, 1.82) is 0 Å². The van der Waals surface area contributed by atoms with Crippen molar-refractivity contribution in [2.24, 2.45) is 11.3 Å². The Labute approximate surface area is 77.2 Å². The summed E-state index contributed by atoms with van der Waals surface area (Å²) in [6.07, 6.45) is 2.93. The Morgan fingerprint density at radius 1 is 1.25 bits per heavy atom. The van der Waals surface area contributed by atoms with E-state index in [0.717, 1.165) is 19.3 Å². The lowest BCUT2D eigenvalue weighted by molar-refractivity contribution is 0.0164. The first-order valence-corrected chi connectivity index (χ1v) is 5.14. The van der Waals surface area contributed by atoms with Crippen LogP contribution in [0.25, 0.3) is 0 Å². The van der Waals surface area contributed by atoms with Crippen molar-refractivity contribution < 1.29 is 5.11 Å². The monoisotopic (exact) mass is 172 g/mol. The summed E-state index contributed by atoms with van der Waals surface area (Å²) < 4.78 is 0. The standard InChI is InChI=1S/C11H24O/c1-6-10(12)11(5,7-2)8-9(3)4/h9-10,12H,6-8H2,1-5H3. The zero-order valence-electron chi connectivity index (χ0n) is 9.22. The molecule has 0 aliphatic heterocycles. The molecule has 1 N–H and O–H groups in total. The third-order valence-corrected chi connectivity index (χ3v) is 2.87. The smallest absolute Gasteiger partial charge is 0.0591 e. The van der Waals surface area contributed by atoms with Gasteiger partial charge in [-0.15, -0.1) is 0 Å². The number of hydrogen-bond donors (Lipinski definition) is 1. The molecule has 0 heterocycles. The van der Waals surface area contributed by atoms with Gasteiger partial charge in [-0.05, 0) is 30.6 Å². The Balaban J connectivity index is 4.22. The van der Waals surface area contributed by atoms with Gasteiger partial charge in [0, 0.05) is 0 Å². The van der Waals surface area contributed by atoms with Gasteiger partial charge >= 0.3 is 0 Å². The minimum Gasteiger partial charge on any atom is -0.393 e. The molecule has 2 atom stereocenters. The fourth-order valence-corrected chi connectivity index (χ4v) is 1.94. The quantitative estimate of drug-likeness (QED) is 0.675. The third kappa shape index (κ3) is 3.14. The van der Waals surface area contributed by atoms with E-state index in [4.69, 9.17) is 0 Å². The molecule has 1 heteroatoms. The lowest BCUT2D eigenvalue weighted by atomic mass is 9.74. The Morgan fingerprint density at radius 2 is 1.75 bits per heavy atom. The maximum Gasteiger partial charge on any atom is 0.0591 e. The number of aliphatic hydroxyl groups is 1. The Morgan fingerprint density at radius 3 is 2.00 bits per heavy atom. The van der Waals surface area contributed by atoms with Crippen molar-refractivity contribution >= 4 is 0 Å². The van der Waals surface area contributed by atoms with E-state index in [1.165, 1.54) is 0 Å². The topological polar surface area (TPSA) is 20.2 Å². The molecule has 12 heavy (non-hydrogen) atoms. The lowest BCUT2D eigenvalue weighted by Crippen LogP contribution is -2.32. The highest BCUT2D eigenvalue weighted by Gasteiger charge is 2.30. The number of aliphatic hydroxyl groups excluding tert-OH is 1.